The maximum Gasteiger partial charge on any atom is 0.264 e. The number of nitrogens with zero attached hydrogens (tertiary/aromatic N) is 1. The van der Waals surface area contributed by atoms with Gasteiger partial charge in [-0.25, -0.2) is 4.98 Å². The van der Waals surface area contributed by atoms with E-state index in [0.29, 0.717) is 10.9 Å². The fraction of sp³-hybridized carbons (Fsp3) is 0.222. The molecule has 0 radical (unpaired) electrons. The lowest BCUT2D eigenvalue weighted by Crippen LogP contribution is -2.20. The van der Waals surface area contributed by atoms with Gasteiger partial charge >= 0.3 is 0 Å². The lowest BCUT2D eigenvalue weighted by molar-refractivity contribution is -0.118. The van der Waals surface area contributed by atoms with Crippen LogP contribution in [0, 0.1) is 20.8 Å². The predicted octanol–water partition coefficient (Wildman–Crippen LogP) is 4.24. The van der Waals surface area contributed by atoms with Gasteiger partial charge in [0.15, 0.2) is 11.7 Å². The Kier molecular flexibility index (Phi) is 4.30. The molecule has 1 aromatic heterocycles. The first-order valence-corrected chi connectivity index (χ1v) is 8.20. The second kappa shape index (κ2) is 6.38. The van der Waals surface area contributed by atoms with E-state index >= 15 is 0 Å². The van der Waals surface area contributed by atoms with Crippen LogP contribution in [0.2, 0.25) is 0 Å². The minimum absolute atomic E-state index is 0.0304. The number of fused-ring (bicyclic) bond motifs is 1. The summed E-state index contributed by atoms with van der Waals surface area (Å²) in [6, 6.07) is 11.7. The van der Waals surface area contributed by atoms with E-state index in [1.165, 1.54) is 16.9 Å². The van der Waals surface area contributed by atoms with E-state index < -0.39 is 0 Å². The van der Waals surface area contributed by atoms with Crippen molar-refractivity contribution in [2.24, 2.45) is 0 Å². The second-order valence-corrected chi connectivity index (χ2v) is 6.55. The number of aromatic nitrogens is 1. The number of anilines is 1. The quantitative estimate of drug-likeness (QED) is 0.780. The molecule has 0 bridgehead atoms. The lowest BCUT2D eigenvalue weighted by atomic mass is 10.1. The van der Waals surface area contributed by atoms with Gasteiger partial charge < -0.3 is 4.74 Å². The third-order valence-electron chi connectivity index (χ3n) is 3.55. The van der Waals surface area contributed by atoms with Crippen LogP contribution < -0.4 is 10.1 Å². The lowest BCUT2D eigenvalue weighted by Gasteiger charge is -2.06. The highest BCUT2D eigenvalue weighted by molar-refractivity contribution is 7.22. The highest BCUT2D eigenvalue weighted by atomic mass is 32.1. The van der Waals surface area contributed by atoms with Crippen LogP contribution in [0.3, 0.4) is 0 Å². The molecule has 0 fully saturated rings. The third kappa shape index (κ3) is 3.51. The molecule has 0 unspecified atom stereocenters. The maximum absolute atomic E-state index is 12.0. The van der Waals surface area contributed by atoms with Crippen molar-refractivity contribution in [3.8, 4) is 5.75 Å². The molecule has 1 heterocycles. The normalized spacial score (nSPS) is 10.7. The Labute approximate surface area is 139 Å². The summed E-state index contributed by atoms with van der Waals surface area (Å²) in [5, 5.41) is 3.42. The van der Waals surface area contributed by atoms with Crippen molar-refractivity contribution >= 4 is 32.6 Å². The maximum atomic E-state index is 12.0. The molecule has 23 heavy (non-hydrogen) atoms. The molecule has 4 nitrogen and oxygen atoms in total. The summed E-state index contributed by atoms with van der Waals surface area (Å²) < 4.78 is 6.62. The summed E-state index contributed by atoms with van der Waals surface area (Å²) in [6.45, 7) is 6.02. The summed E-state index contributed by atoms with van der Waals surface area (Å²) in [7, 11) is 0. The largest absolute Gasteiger partial charge is 0.484 e. The topological polar surface area (TPSA) is 51.2 Å². The Morgan fingerprint density at radius 2 is 1.96 bits per heavy atom. The van der Waals surface area contributed by atoms with Crippen LogP contribution in [0.1, 0.15) is 16.7 Å². The van der Waals surface area contributed by atoms with Gasteiger partial charge in [-0.15, -0.1) is 0 Å². The molecule has 2 aromatic carbocycles. The first-order chi connectivity index (χ1) is 11.0. The Morgan fingerprint density at radius 3 is 2.70 bits per heavy atom. The van der Waals surface area contributed by atoms with Crippen molar-refractivity contribution in [3.05, 3.63) is 53.1 Å². The average Bonchev–Trinajstić information content (AvgIpc) is 2.94. The molecule has 0 atom stereocenters. The van der Waals surface area contributed by atoms with Crippen LogP contribution >= 0.6 is 11.3 Å². The van der Waals surface area contributed by atoms with Crippen LogP contribution in [0.15, 0.2) is 36.4 Å². The Hall–Kier alpha value is -2.40. The van der Waals surface area contributed by atoms with Crippen molar-refractivity contribution in [1.29, 1.82) is 0 Å². The standard InChI is InChI=1S/C18H18N2O2S/c1-11-5-4-6-14(9-11)22-10-15(21)19-18-20-16-12(2)7-8-13(3)17(16)23-18/h4-9H,10H2,1-3H3,(H,19,20,21). The number of ether oxygens (including phenoxy) is 1. The first-order valence-electron chi connectivity index (χ1n) is 7.39. The van der Waals surface area contributed by atoms with Gasteiger partial charge in [-0.3, -0.25) is 10.1 Å². The first kappa shape index (κ1) is 15.5. The van der Waals surface area contributed by atoms with Gasteiger partial charge in [-0.2, -0.15) is 0 Å². The Balaban J connectivity index is 1.68. The van der Waals surface area contributed by atoms with E-state index in [-0.39, 0.29) is 12.5 Å². The van der Waals surface area contributed by atoms with E-state index in [0.717, 1.165) is 21.3 Å². The van der Waals surface area contributed by atoms with Gasteiger partial charge in [-0.1, -0.05) is 35.6 Å². The number of rotatable bonds is 4. The van der Waals surface area contributed by atoms with E-state index in [4.69, 9.17) is 4.74 Å². The highest BCUT2D eigenvalue weighted by Crippen LogP contribution is 2.30. The monoisotopic (exact) mass is 326 g/mol. The van der Waals surface area contributed by atoms with Crippen LogP contribution in [0.4, 0.5) is 5.13 Å². The molecule has 0 aliphatic rings. The van der Waals surface area contributed by atoms with Gasteiger partial charge in [-0.05, 0) is 49.6 Å². The third-order valence-corrected chi connectivity index (χ3v) is 4.65. The molecule has 0 aliphatic heterocycles. The molecular formula is C18H18N2O2S. The number of nitrogens with one attached hydrogen (secondary N) is 1. The van der Waals surface area contributed by atoms with Crippen LogP contribution in [-0.2, 0) is 4.79 Å². The second-order valence-electron chi connectivity index (χ2n) is 5.55. The number of hydrogen-bond donors (Lipinski definition) is 1. The minimum atomic E-state index is -0.208. The molecule has 1 N–H and O–H groups in total. The van der Waals surface area contributed by atoms with Gasteiger partial charge in [0.25, 0.3) is 5.91 Å². The van der Waals surface area contributed by atoms with Crippen LogP contribution in [-0.4, -0.2) is 17.5 Å². The van der Waals surface area contributed by atoms with Crippen LogP contribution in [0.5, 0.6) is 5.75 Å². The number of carbonyl (C=O) groups excluding carboxylic acids is 1. The van der Waals surface area contributed by atoms with Crippen molar-refractivity contribution in [2.75, 3.05) is 11.9 Å². The van der Waals surface area contributed by atoms with E-state index in [2.05, 4.69) is 16.4 Å². The van der Waals surface area contributed by atoms with E-state index in [1.54, 1.807) is 0 Å². The Bertz CT molecular complexity index is 832. The van der Waals surface area contributed by atoms with E-state index in [1.807, 2.05) is 51.1 Å². The van der Waals surface area contributed by atoms with Gasteiger partial charge in [0.2, 0.25) is 0 Å². The van der Waals surface area contributed by atoms with Crippen molar-refractivity contribution in [2.45, 2.75) is 20.8 Å². The minimum Gasteiger partial charge on any atom is -0.484 e. The van der Waals surface area contributed by atoms with Crippen LogP contribution in [0.25, 0.3) is 10.2 Å². The summed E-state index contributed by atoms with van der Waals surface area (Å²) in [6.07, 6.45) is 0. The molecule has 0 saturated heterocycles. The van der Waals surface area contributed by atoms with Crippen molar-refractivity contribution in [1.82, 2.24) is 4.98 Å². The zero-order valence-corrected chi connectivity index (χ0v) is 14.2. The number of benzene rings is 2. The number of aryl methyl sites for hydroxylation is 3. The molecule has 3 aromatic rings. The zero-order chi connectivity index (χ0) is 16.4. The molecule has 0 aliphatic carbocycles. The predicted molar refractivity (Wildman–Crippen MR) is 94.4 cm³/mol. The van der Waals surface area contributed by atoms with E-state index in [9.17, 15) is 4.79 Å². The average molecular weight is 326 g/mol. The molecular weight excluding hydrogens is 308 g/mol. The summed E-state index contributed by atoms with van der Waals surface area (Å²) in [4.78, 5) is 16.6. The number of amides is 1. The van der Waals surface area contributed by atoms with Gasteiger partial charge in [0.05, 0.1) is 10.2 Å². The molecule has 0 saturated carbocycles. The van der Waals surface area contributed by atoms with Crippen molar-refractivity contribution < 1.29 is 9.53 Å². The highest BCUT2D eigenvalue weighted by Gasteiger charge is 2.11. The number of hydrogen-bond acceptors (Lipinski definition) is 4. The molecule has 3 rings (SSSR count). The fourth-order valence-electron chi connectivity index (χ4n) is 2.32. The molecule has 1 amide bonds. The van der Waals surface area contributed by atoms with Gasteiger partial charge in [0.1, 0.15) is 5.75 Å². The van der Waals surface area contributed by atoms with Gasteiger partial charge in [0, 0.05) is 0 Å². The number of carbonyl (C=O) groups is 1. The SMILES string of the molecule is Cc1cccc(OCC(=O)Nc2nc3c(C)ccc(C)c3s2)c1. The molecule has 0 spiro atoms. The fourth-order valence-corrected chi connectivity index (χ4v) is 3.35. The Morgan fingerprint density at radius 1 is 1.17 bits per heavy atom. The molecule has 118 valence electrons. The summed E-state index contributed by atoms with van der Waals surface area (Å²) >= 11 is 1.49. The molecule has 5 heteroatoms. The number of thiazole rings is 1. The smallest absolute Gasteiger partial charge is 0.264 e. The summed E-state index contributed by atoms with van der Waals surface area (Å²) in [5.41, 5.74) is 4.32. The zero-order valence-electron chi connectivity index (χ0n) is 13.3. The van der Waals surface area contributed by atoms with Crippen molar-refractivity contribution in [3.63, 3.8) is 0 Å². The summed E-state index contributed by atoms with van der Waals surface area (Å²) in [5.74, 6) is 0.483.